The van der Waals surface area contributed by atoms with E-state index in [0.717, 1.165) is 12.8 Å². The minimum Gasteiger partial charge on any atom is -0.494 e. The maximum absolute atomic E-state index is 13.8. The number of hydrogen-bond acceptors (Lipinski definition) is 2. The summed E-state index contributed by atoms with van der Waals surface area (Å²) in [5.74, 6) is -0.297. The van der Waals surface area contributed by atoms with E-state index in [9.17, 15) is 9.18 Å². The van der Waals surface area contributed by atoms with Crippen molar-refractivity contribution in [3.63, 3.8) is 0 Å². The molecule has 0 N–H and O–H groups in total. The third kappa shape index (κ3) is 1.74. The van der Waals surface area contributed by atoms with Gasteiger partial charge in [-0.15, -0.1) is 0 Å². The van der Waals surface area contributed by atoms with Gasteiger partial charge in [0.15, 0.2) is 11.6 Å². The predicted molar refractivity (Wildman–Crippen MR) is 54.6 cm³/mol. The number of methoxy groups -OCH3 is 1. The van der Waals surface area contributed by atoms with Crippen LogP contribution in [-0.4, -0.2) is 12.9 Å². The molecule has 1 aliphatic carbocycles. The van der Waals surface area contributed by atoms with Gasteiger partial charge in [0, 0.05) is 17.9 Å². The standard InChI is InChI=1S/C12H13FO2/c1-15-11-7-3-5-9(12(11)13)8-4-2-6-10(8)14/h3,5,7-8H,2,4,6H2,1H3. The van der Waals surface area contributed by atoms with Gasteiger partial charge >= 0.3 is 0 Å². The number of hydrogen-bond donors (Lipinski definition) is 0. The molecule has 0 aromatic heterocycles. The van der Waals surface area contributed by atoms with Gasteiger partial charge in [0.05, 0.1) is 7.11 Å². The topological polar surface area (TPSA) is 26.3 Å². The molecule has 0 spiro atoms. The van der Waals surface area contributed by atoms with E-state index in [1.165, 1.54) is 7.11 Å². The predicted octanol–water partition coefficient (Wildman–Crippen LogP) is 2.67. The van der Waals surface area contributed by atoms with Crippen molar-refractivity contribution in [1.82, 2.24) is 0 Å². The lowest BCUT2D eigenvalue weighted by atomic mass is 9.96. The Morgan fingerprint density at radius 2 is 2.27 bits per heavy atom. The second-order valence-corrected chi connectivity index (χ2v) is 3.77. The van der Waals surface area contributed by atoms with Crippen LogP contribution in [0.15, 0.2) is 18.2 Å². The monoisotopic (exact) mass is 208 g/mol. The Kier molecular flexibility index (Phi) is 2.71. The Morgan fingerprint density at radius 1 is 1.47 bits per heavy atom. The molecule has 1 saturated carbocycles. The number of benzene rings is 1. The van der Waals surface area contributed by atoms with Crippen LogP contribution in [0.2, 0.25) is 0 Å². The first-order valence-corrected chi connectivity index (χ1v) is 5.09. The molecule has 1 aromatic rings. The number of rotatable bonds is 2. The number of carbonyl (C=O) groups excluding carboxylic acids is 1. The highest BCUT2D eigenvalue weighted by Gasteiger charge is 2.29. The van der Waals surface area contributed by atoms with E-state index in [1.54, 1.807) is 18.2 Å². The molecule has 1 aliphatic rings. The first kappa shape index (κ1) is 10.1. The fraction of sp³-hybridized carbons (Fsp3) is 0.417. The Labute approximate surface area is 88.1 Å². The van der Waals surface area contributed by atoms with Crippen molar-refractivity contribution in [2.75, 3.05) is 7.11 Å². The molecule has 2 nitrogen and oxygen atoms in total. The second-order valence-electron chi connectivity index (χ2n) is 3.77. The van der Waals surface area contributed by atoms with Crippen molar-refractivity contribution in [2.24, 2.45) is 0 Å². The van der Waals surface area contributed by atoms with Crippen LogP contribution < -0.4 is 4.74 Å². The van der Waals surface area contributed by atoms with E-state index in [1.807, 2.05) is 0 Å². The molecule has 0 amide bonds. The molecular weight excluding hydrogens is 195 g/mol. The highest BCUT2D eigenvalue weighted by molar-refractivity contribution is 5.87. The molecule has 1 fully saturated rings. The molecule has 0 saturated heterocycles. The van der Waals surface area contributed by atoms with Crippen LogP contribution in [0.3, 0.4) is 0 Å². The molecule has 15 heavy (non-hydrogen) atoms. The maximum Gasteiger partial charge on any atom is 0.168 e. The molecule has 1 atom stereocenters. The lowest BCUT2D eigenvalue weighted by molar-refractivity contribution is -0.118. The lowest BCUT2D eigenvalue weighted by Crippen LogP contribution is -2.07. The van der Waals surface area contributed by atoms with Gasteiger partial charge in [0.25, 0.3) is 0 Å². The van der Waals surface area contributed by atoms with Gasteiger partial charge in [-0.05, 0) is 18.9 Å². The highest BCUT2D eigenvalue weighted by atomic mass is 19.1. The van der Waals surface area contributed by atoms with Crippen LogP contribution in [-0.2, 0) is 4.79 Å². The maximum atomic E-state index is 13.8. The average molecular weight is 208 g/mol. The van der Waals surface area contributed by atoms with Gasteiger partial charge in [-0.25, -0.2) is 4.39 Å². The summed E-state index contributed by atoms with van der Waals surface area (Å²) in [6.45, 7) is 0. The number of carbonyl (C=O) groups is 1. The zero-order chi connectivity index (χ0) is 10.8. The van der Waals surface area contributed by atoms with Crippen molar-refractivity contribution in [3.8, 4) is 5.75 Å². The van der Waals surface area contributed by atoms with E-state index in [4.69, 9.17) is 4.74 Å². The Hall–Kier alpha value is -1.38. The summed E-state index contributed by atoms with van der Waals surface area (Å²) in [5, 5.41) is 0. The van der Waals surface area contributed by atoms with Gasteiger partial charge in [-0.3, -0.25) is 4.79 Å². The number of Topliss-reactive ketones (excluding diaryl/α,β-unsaturated/α-hetero) is 1. The summed E-state index contributed by atoms with van der Waals surface area (Å²) in [7, 11) is 1.43. The van der Waals surface area contributed by atoms with Crippen molar-refractivity contribution < 1.29 is 13.9 Å². The van der Waals surface area contributed by atoms with Crippen LogP contribution in [0.4, 0.5) is 4.39 Å². The van der Waals surface area contributed by atoms with E-state index in [2.05, 4.69) is 0 Å². The number of halogens is 1. The van der Waals surface area contributed by atoms with Crippen LogP contribution in [0.1, 0.15) is 30.7 Å². The largest absolute Gasteiger partial charge is 0.494 e. The van der Waals surface area contributed by atoms with Crippen molar-refractivity contribution in [2.45, 2.75) is 25.2 Å². The molecule has 1 aromatic carbocycles. The minimum absolute atomic E-state index is 0.141. The summed E-state index contributed by atoms with van der Waals surface area (Å²) in [6, 6.07) is 4.97. The Morgan fingerprint density at radius 3 is 2.87 bits per heavy atom. The first-order chi connectivity index (χ1) is 7.24. The normalized spacial score (nSPS) is 20.7. The fourth-order valence-corrected chi connectivity index (χ4v) is 2.10. The SMILES string of the molecule is COc1cccc(C2CCCC2=O)c1F. The molecule has 2 rings (SSSR count). The molecule has 80 valence electrons. The van der Waals surface area contributed by atoms with Gasteiger partial charge in [-0.2, -0.15) is 0 Å². The highest BCUT2D eigenvalue weighted by Crippen LogP contribution is 2.35. The van der Waals surface area contributed by atoms with E-state index < -0.39 is 0 Å². The smallest absolute Gasteiger partial charge is 0.168 e. The van der Waals surface area contributed by atoms with E-state index >= 15 is 0 Å². The van der Waals surface area contributed by atoms with Crippen molar-refractivity contribution in [3.05, 3.63) is 29.6 Å². The van der Waals surface area contributed by atoms with Gasteiger partial charge in [0.2, 0.25) is 0 Å². The van der Waals surface area contributed by atoms with E-state index in [-0.39, 0.29) is 23.3 Å². The summed E-state index contributed by atoms with van der Waals surface area (Å²) in [6.07, 6.45) is 2.18. The van der Waals surface area contributed by atoms with Gasteiger partial charge in [-0.1, -0.05) is 12.1 Å². The van der Waals surface area contributed by atoms with Gasteiger partial charge < -0.3 is 4.74 Å². The summed E-state index contributed by atoms with van der Waals surface area (Å²) >= 11 is 0. The molecule has 1 unspecified atom stereocenters. The zero-order valence-corrected chi connectivity index (χ0v) is 8.63. The molecule has 0 aliphatic heterocycles. The van der Waals surface area contributed by atoms with Crippen LogP contribution in [0.25, 0.3) is 0 Å². The average Bonchev–Trinajstić information content (AvgIpc) is 2.65. The van der Waals surface area contributed by atoms with Crippen LogP contribution >= 0.6 is 0 Å². The van der Waals surface area contributed by atoms with Crippen LogP contribution in [0, 0.1) is 5.82 Å². The van der Waals surface area contributed by atoms with Crippen molar-refractivity contribution >= 4 is 5.78 Å². The third-order valence-electron chi connectivity index (χ3n) is 2.89. The fourth-order valence-electron chi connectivity index (χ4n) is 2.10. The molecular formula is C12H13FO2. The number of ketones is 1. The van der Waals surface area contributed by atoms with Crippen molar-refractivity contribution in [1.29, 1.82) is 0 Å². The summed E-state index contributed by atoms with van der Waals surface area (Å²) in [5.41, 5.74) is 0.483. The van der Waals surface area contributed by atoms with E-state index in [0.29, 0.717) is 12.0 Å². The molecule has 0 heterocycles. The van der Waals surface area contributed by atoms with Crippen LogP contribution in [0.5, 0.6) is 5.75 Å². The zero-order valence-electron chi connectivity index (χ0n) is 8.63. The summed E-state index contributed by atoms with van der Waals surface area (Å²) < 4.78 is 18.7. The molecule has 3 heteroatoms. The minimum atomic E-state index is -0.389. The quantitative estimate of drug-likeness (QED) is 0.746. The number of ether oxygens (including phenoxy) is 1. The van der Waals surface area contributed by atoms with Gasteiger partial charge in [0.1, 0.15) is 5.78 Å². The third-order valence-corrected chi connectivity index (χ3v) is 2.89. The Bertz CT molecular complexity index is 387. The molecule has 0 bridgehead atoms. The Balaban J connectivity index is 2.39. The first-order valence-electron chi connectivity index (χ1n) is 5.09. The second kappa shape index (κ2) is 4.01. The lowest BCUT2D eigenvalue weighted by Gasteiger charge is -2.11. The summed E-state index contributed by atoms with van der Waals surface area (Å²) in [4.78, 5) is 11.5. The molecule has 0 radical (unpaired) electrons.